The molecule has 0 aliphatic carbocycles. The summed E-state index contributed by atoms with van der Waals surface area (Å²) in [5.74, 6) is 0.903. The molecule has 0 fully saturated rings. The number of non-ortho nitro benzene ring substituents is 1. The standard InChI is InChI=1S/C13H17N3O5/c1-13(2)12(14-7-11(17)20-3)15-9-5-4-8(16(18)19)6-10(9)21-13/h4-6,11,17H,7H2,1-3H3,(H,14,15). The Morgan fingerprint density at radius 3 is 2.90 bits per heavy atom. The molecule has 1 heterocycles. The van der Waals surface area contributed by atoms with Gasteiger partial charge >= 0.3 is 0 Å². The Morgan fingerprint density at radius 2 is 2.29 bits per heavy atom. The number of ether oxygens (including phenoxy) is 2. The monoisotopic (exact) mass is 295 g/mol. The van der Waals surface area contributed by atoms with Crippen molar-refractivity contribution in [2.45, 2.75) is 25.7 Å². The highest BCUT2D eigenvalue weighted by Gasteiger charge is 2.34. The van der Waals surface area contributed by atoms with Crippen LogP contribution >= 0.6 is 0 Å². The highest BCUT2D eigenvalue weighted by Crippen LogP contribution is 2.36. The van der Waals surface area contributed by atoms with E-state index < -0.39 is 16.8 Å². The molecule has 1 atom stereocenters. The van der Waals surface area contributed by atoms with Crippen molar-refractivity contribution in [2.24, 2.45) is 4.99 Å². The van der Waals surface area contributed by atoms with Crippen molar-refractivity contribution >= 4 is 17.2 Å². The summed E-state index contributed by atoms with van der Waals surface area (Å²) in [4.78, 5) is 14.5. The van der Waals surface area contributed by atoms with Crippen molar-refractivity contribution in [3.8, 4) is 5.75 Å². The van der Waals surface area contributed by atoms with Gasteiger partial charge in [-0.2, -0.15) is 0 Å². The Kier molecular flexibility index (Phi) is 4.10. The minimum Gasteiger partial charge on any atom is -0.478 e. The molecule has 1 aliphatic rings. The third kappa shape index (κ3) is 3.29. The van der Waals surface area contributed by atoms with Gasteiger partial charge in [0.2, 0.25) is 0 Å². The second-order valence-electron chi connectivity index (χ2n) is 5.05. The lowest BCUT2D eigenvalue weighted by atomic mass is 10.0. The first-order valence-electron chi connectivity index (χ1n) is 6.34. The molecular weight excluding hydrogens is 278 g/mol. The molecule has 0 saturated heterocycles. The highest BCUT2D eigenvalue weighted by atomic mass is 16.6. The van der Waals surface area contributed by atoms with E-state index in [-0.39, 0.29) is 12.2 Å². The SMILES string of the molecule is COC(O)CN=C1Nc2ccc([N+](=O)[O-])cc2OC1(C)C. The number of aliphatic imine (C=N–C) groups is 1. The Hall–Kier alpha value is -2.19. The number of hydrogen-bond acceptors (Lipinski definition) is 6. The van der Waals surface area contributed by atoms with E-state index in [4.69, 9.17) is 9.47 Å². The average Bonchev–Trinajstić information content (AvgIpc) is 2.43. The number of anilines is 1. The van der Waals surface area contributed by atoms with E-state index in [1.807, 2.05) is 0 Å². The van der Waals surface area contributed by atoms with Crippen molar-refractivity contribution in [1.82, 2.24) is 0 Å². The Morgan fingerprint density at radius 1 is 1.57 bits per heavy atom. The van der Waals surface area contributed by atoms with Gasteiger partial charge in [0.25, 0.3) is 5.69 Å². The molecule has 0 bridgehead atoms. The van der Waals surface area contributed by atoms with Gasteiger partial charge in [-0.3, -0.25) is 15.1 Å². The predicted octanol–water partition coefficient (Wildman–Crippen LogP) is 1.54. The van der Waals surface area contributed by atoms with Gasteiger partial charge in [0.1, 0.15) is 5.84 Å². The normalized spacial score (nSPS) is 19.3. The molecule has 0 radical (unpaired) electrons. The van der Waals surface area contributed by atoms with Crippen LogP contribution in [-0.2, 0) is 4.74 Å². The van der Waals surface area contributed by atoms with E-state index in [1.165, 1.54) is 19.2 Å². The van der Waals surface area contributed by atoms with E-state index in [2.05, 4.69) is 10.3 Å². The fraction of sp³-hybridized carbons (Fsp3) is 0.462. The van der Waals surface area contributed by atoms with Crippen LogP contribution in [0.4, 0.5) is 11.4 Å². The summed E-state index contributed by atoms with van der Waals surface area (Å²) in [5, 5.41) is 23.2. The van der Waals surface area contributed by atoms with Gasteiger partial charge in [-0.05, 0) is 19.9 Å². The number of benzene rings is 1. The molecule has 8 nitrogen and oxygen atoms in total. The van der Waals surface area contributed by atoms with Gasteiger partial charge in [0.05, 0.1) is 23.2 Å². The molecule has 8 heteroatoms. The van der Waals surface area contributed by atoms with Crippen LogP contribution in [0, 0.1) is 10.1 Å². The Labute approximate surface area is 121 Å². The van der Waals surface area contributed by atoms with Gasteiger partial charge < -0.3 is 19.9 Å². The summed E-state index contributed by atoms with van der Waals surface area (Å²) >= 11 is 0. The Balaban J connectivity index is 2.29. The van der Waals surface area contributed by atoms with Gasteiger partial charge in [-0.1, -0.05) is 0 Å². The second kappa shape index (κ2) is 5.66. The first-order valence-corrected chi connectivity index (χ1v) is 6.34. The average molecular weight is 295 g/mol. The third-order valence-electron chi connectivity index (χ3n) is 3.04. The molecular formula is C13H17N3O5. The molecule has 0 saturated carbocycles. The van der Waals surface area contributed by atoms with E-state index in [1.54, 1.807) is 19.9 Å². The molecule has 114 valence electrons. The zero-order valence-electron chi connectivity index (χ0n) is 12.0. The van der Waals surface area contributed by atoms with Crippen LogP contribution in [0.1, 0.15) is 13.8 Å². The van der Waals surface area contributed by atoms with Crippen LogP contribution < -0.4 is 10.1 Å². The Bertz CT molecular complexity index is 585. The first kappa shape index (κ1) is 15.2. The third-order valence-corrected chi connectivity index (χ3v) is 3.04. The molecule has 0 spiro atoms. The molecule has 2 N–H and O–H groups in total. The lowest BCUT2D eigenvalue weighted by molar-refractivity contribution is -0.384. The summed E-state index contributed by atoms with van der Waals surface area (Å²) in [7, 11) is 1.38. The molecule has 21 heavy (non-hydrogen) atoms. The van der Waals surface area contributed by atoms with E-state index in [0.717, 1.165) is 0 Å². The smallest absolute Gasteiger partial charge is 0.273 e. The number of amidine groups is 1. The van der Waals surface area contributed by atoms with Crippen LogP contribution in [0.2, 0.25) is 0 Å². The number of methoxy groups -OCH3 is 1. The number of hydrogen-bond donors (Lipinski definition) is 2. The van der Waals surface area contributed by atoms with E-state index >= 15 is 0 Å². The number of aliphatic hydroxyl groups excluding tert-OH is 1. The minimum absolute atomic E-state index is 0.0402. The van der Waals surface area contributed by atoms with Gasteiger partial charge in [0.15, 0.2) is 17.6 Å². The van der Waals surface area contributed by atoms with Crippen LogP contribution in [0.5, 0.6) is 5.75 Å². The number of rotatable bonds is 4. The lowest BCUT2D eigenvalue weighted by Gasteiger charge is -2.34. The molecule has 2 rings (SSSR count). The summed E-state index contributed by atoms with van der Waals surface area (Å²) in [6.07, 6.45) is -0.992. The van der Waals surface area contributed by atoms with Crippen LogP contribution in [0.3, 0.4) is 0 Å². The van der Waals surface area contributed by atoms with Crippen molar-refractivity contribution in [1.29, 1.82) is 0 Å². The van der Waals surface area contributed by atoms with Gasteiger partial charge in [0, 0.05) is 13.2 Å². The molecule has 1 aromatic carbocycles. The second-order valence-corrected chi connectivity index (χ2v) is 5.05. The van der Waals surface area contributed by atoms with Crippen LogP contribution in [0.25, 0.3) is 0 Å². The van der Waals surface area contributed by atoms with Crippen molar-refractivity contribution in [3.05, 3.63) is 28.3 Å². The van der Waals surface area contributed by atoms with Crippen molar-refractivity contribution in [3.63, 3.8) is 0 Å². The summed E-state index contributed by atoms with van der Waals surface area (Å²) in [6, 6.07) is 4.31. The minimum atomic E-state index is -0.992. The molecule has 0 aromatic heterocycles. The molecule has 1 unspecified atom stereocenters. The van der Waals surface area contributed by atoms with E-state index in [9.17, 15) is 15.2 Å². The summed E-state index contributed by atoms with van der Waals surface area (Å²) in [6.45, 7) is 3.62. The quantitative estimate of drug-likeness (QED) is 0.496. The van der Waals surface area contributed by atoms with Gasteiger partial charge in [-0.15, -0.1) is 0 Å². The number of nitrogens with zero attached hydrogens (tertiary/aromatic N) is 2. The maximum absolute atomic E-state index is 10.8. The number of nitrogens with one attached hydrogen (secondary N) is 1. The topological polar surface area (TPSA) is 106 Å². The largest absolute Gasteiger partial charge is 0.478 e. The van der Waals surface area contributed by atoms with Crippen LogP contribution in [-0.4, -0.2) is 41.4 Å². The fourth-order valence-corrected chi connectivity index (χ4v) is 1.89. The van der Waals surface area contributed by atoms with Crippen molar-refractivity contribution in [2.75, 3.05) is 19.0 Å². The highest BCUT2D eigenvalue weighted by molar-refractivity contribution is 6.04. The van der Waals surface area contributed by atoms with Crippen LogP contribution in [0.15, 0.2) is 23.2 Å². The molecule has 1 aromatic rings. The number of fused-ring (bicyclic) bond motifs is 1. The molecule has 0 amide bonds. The number of nitro groups is 1. The van der Waals surface area contributed by atoms with Gasteiger partial charge in [-0.25, -0.2) is 0 Å². The fourth-order valence-electron chi connectivity index (χ4n) is 1.89. The molecule has 1 aliphatic heterocycles. The lowest BCUT2D eigenvalue weighted by Crippen LogP contribution is -2.46. The maximum Gasteiger partial charge on any atom is 0.273 e. The zero-order valence-corrected chi connectivity index (χ0v) is 12.0. The number of aliphatic hydroxyl groups is 1. The van der Waals surface area contributed by atoms with E-state index in [0.29, 0.717) is 17.3 Å². The summed E-state index contributed by atoms with van der Waals surface area (Å²) < 4.78 is 10.5. The number of nitro benzene ring substituents is 1. The summed E-state index contributed by atoms with van der Waals surface area (Å²) in [5.41, 5.74) is -0.248. The predicted molar refractivity (Wildman–Crippen MR) is 76.7 cm³/mol. The first-order chi connectivity index (χ1) is 9.83. The maximum atomic E-state index is 10.8. The van der Waals surface area contributed by atoms with Crippen molar-refractivity contribution < 1.29 is 19.5 Å². The zero-order chi connectivity index (χ0) is 15.6.